The number of benzene rings is 3. The van der Waals surface area contributed by atoms with Crippen LogP contribution in [0.2, 0.25) is 0 Å². The smallest absolute Gasteiger partial charge is 0.330 e. The average molecular weight is 371 g/mol. The second-order valence-corrected chi connectivity index (χ2v) is 6.79. The van der Waals surface area contributed by atoms with Gasteiger partial charge in [0.25, 0.3) is 0 Å². The predicted octanol–water partition coefficient (Wildman–Crippen LogP) is 5.39. The third kappa shape index (κ3) is 5.58. The highest BCUT2D eigenvalue weighted by molar-refractivity contribution is 5.87. The van der Waals surface area contributed by atoms with Gasteiger partial charge in [-0.15, -0.1) is 0 Å². The number of carbonyl (C=O) groups is 1. The predicted molar refractivity (Wildman–Crippen MR) is 115 cm³/mol. The van der Waals surface area contributed by atoms with Gasteiger partial charge in [0.05, 0.1) is 7.11 Å². The number of hydrogen-bond donors (Lipinski definition) is 0. The molecule has 0 amide bonds. The molecule has 0 saturated heterocycles. The Hall–Kier alpha value is -3.33. The minimum atomic E-state index is -0.353. The number of nitrogens with zero attached hydrogens (tertiary/aromatic N) is 1. The summed E-state index contributed by atoms with van der Waals surface area (Å²) in [5, 5.41) is 0. The topological polar surface area (TPSA) is 29.5 Å². The Morgan fingerprint density at radius 1 is 0.893 bits per heavy atom. The molecule has 0 bridgehead atoms. The summed E-state index contributed by atoms with van der Waals surface area (Å²) in [7, 11) is 1.38. The summed E-state index contributed by atoms with van der Waals surface area (Å²) >= 11 is 0. The van der Waals surface area contributed by atoms with Crippen LogP contribution in [0.15, 0.2) is 84.9 Å². The second kappa shape index (κ2) is 9.56. The van der Waals surface area contributed by atoms with Crippen LogP contribution in [0.25, 0.3) is 6.08 Å². The number of rotatable bonds is 7. The molecule has 0 aliphatic heterocycles. The molecule has 3 aromatic carbocycles. The molecule has 142 valence electrons. The first-order valence-corrected chi connectivity index (χ1v) is 9.34. The first-order chi connectivity index (χ1) is 13.6. The maximum atomic E-state index is 11.5. The Balaban J connectivity index is 1.93. The molecule has 0 radical (unpaired) electrons. The van der Waals surface area contributed by atoms with Gasteiger partial charge >= 0.3 is 5.97 Å². The average Bonchev–Trinajstić information content (AvgIpc) is 2.72. The molecule has 0 fully saturated rings. The third-order valence-corrected chi connectivity index (χ3v) is 4.50. The zero-order valence-corrected chi connectivity index (χ0v) is 16.3. The summed E-state index contributed by atoms with van der Waals surface area (Å²) in [6, 6.07) is 27.3. The van der Waals surface area contributed by atoms with E-state index in [4.69, 9.17) is 4.74 Å². The third-order valence-electron chi connectivity index (χ3n) is 4.50. The first kappa shape index (κ1) is 19.4. The van der Waals surface area contributed by atoms with E-state index in [1.165, 1.54) is 24.3 Å². The number of hydrogen-bond acceptors (Lipinski definition) is 3. The highest BCUT2D eigenvalue weighted by Gasteiger charge is 2.10. The van der Waals surface area contributed by atoms with Crippen LogP contribution >= 0.6 is 0 Å². The molecule has 0 aromatic heterocycles. The van der Waals surface area contributed by atoms with Crippen molar-refractivity contribution in [3.8, 4) is 0 Å². The van der Waals surface area contributed by atoms with Crippen LogP contribution in [0.1, 0.15) is 22.3 Å². The van der Waals surface area contributed by atoms with Gasteiger partial charge in [-0.2, -0.15) is 0 Å². The summed E-state index contributed by atoms with van der Waals surface area (Å²) in [6.07, 6.45) is 3.25. The van der Waals surface area contributed by atoms with Crippen LogP contribution in [0.3, 0.4) is 0 Å². The highest BCUT2D eigenvalue weighted by atomic mass is 16.5. The van der Waals surface area contributed by atoms with Gasteiger partial charge in [-0.25, -0.2) is 4.79 Å². The maximum absolute atomic E-state index is 11.5. The Morgan fingerprint density at radius 3 is 2.00 bits per heavy atom. The van der Waals surface area contributed by atoms with Gasteiger partial charge in [0, 0.05) is 24.9 Å². The van der Waals surface area contributed by atoms with Gasteiger partial charge in [-0.3, -0.25) is 0 Å². The van der Waals surface area contributed by atoms with Gasteiger partial charge in [0.1, 0.15) is 0 Å². The number of anilines is 1. The molecule has 3 rings (SSSR count). The Morgan fingerprint density at radius 2 is 1.46 bits per heavy atom. The molecule has 0 atom stereocenters. The van der Waals surface area contributed by atoms with Crippen LogP contribution < -0.4 is 4.90 Å². The Bertz CT molecular complexity index is 892. The molecule has 3 aromatic rings. The summed E-state index contributed by atoms with van der Waals surface area (Å²) in [4.78, 5) is 13.8. The van der Waals surface area contributed by atoms with E-state index in [0.29, 0.717) is 0 Å². The number of carbonyl (C=O) groups excluding carboxylic acids is 1. The minimum Gasteiger partial charge on any atom is -0.466 e. The van der Waals surface area contributed by atoms with Gasteiger partial charge in [0.15, 0.2) is 0 Å². The monoisotopic (exact) mass is 371 g/mol. The molecule has 0 N–H and O–H groups in total. The van der Waals surface area contributed by atoms with Crippen LogP contribution in [0, 0.1) is 6.92 Å². The van der Waals surface area contributed by atoms with Gasteiger partial charge in [-0.1, -0.05) is 66.7 Å². The number of methoxy groups -OCH3 is 1. The van der Waals surface area contributed by atoms with Crippen LogP contribution in [-0.2, 0) is 22.6 Å². The fraction of sp³-hybridized carbons (Fsp3) is 0.160. The van der Waals surface area contributed by atoms with E-state index < -0.39 is 0 Å². The molecule has 3 heteroatoms. The van der Waals surface area contributed by atoms with Crippen LogP contribution in [0.5, 0.6) is 0 Å². The molecule has 0 unspecified atom stereocenters. The van der Waals surface area contributed by atoms with Crippen molar-refractivity contribution in [1.82, 2.24) is 0 Å². The SMILES string of the molecule is COC(=O)/C=C/c1cc(C)cc(N(Cc2ccccc2)Cc2ccccc2)c1. The quantitative estimate of drug-likeness (QED) is 0.412. The van der Waals surface area contributed by atoms with Crippen LogP contribution in [0.4, 0.5) is 5.69 Å². The Labute approximate surface area is 166 Å². The Kier molecular flexibility index (Phi) is 6.64. The lowest BCUT2D eigenvalue weighted by molar-refractivity contribution is -0.134. The summed E-state index contributed by atoms with van der Waals surface area (Å²) < 4.78 is 4.70. The molecular formula is C25H25NO2. The highest BCUT2D eigenvalue weighted by Crippen LogP contribution is 2.24. The molecule has 0 heterocycles. The van der Waals surface area contributed by atoms with E-state index in [1.54, 1.807) is 6.08 Å². The molecule has 3 nitrogen and oxygen atoms in total. The summed E-state index contributed by atoms with van der Waals surface area (Å²) in [6.45, 7) is 3.68. The van der Waals surface area contributed by atoms with Crippen molar-refractivity contribution in [3.63, 3.8) is 0 Å². The van der Waals surface area contributed by atoms with Crippen molar-refractivity contribution in [2.75, 3.05) is 12.0 Å². The van der Waals surface area contributed by atoms with Crippen molar-refractivity contribution < 1.29 is 9.53 Å². The first-order valence-electron chi connectivity index (χ1n) is 9.34. The number of ether oxygens (including phenoxy) is 1. The zero-order chi connectivity index (χ0) is 19.8. The van der Waals surface area contributed by atoms with E-state index in [2.05, 4.69) is 78.6 Å². The van der Waals surface area contributed by atoms with Gasteiger partial charge < -0.3 is 9.64 Å². The molecule has 0 aliphatic rings. The summed E-state index contributed by atoms with van der Waals surface area (Å²) in [5.41, 5.74) is 5.76. The van der Waals surface area contributed by atoms with Gasteiger partial charge in [0.2, 0.25) is 0 Å². The minimum absolute atomic E-state index is 0.353. The van der Waals surface area contributed by atoms with Crippen molar-refractivity contribution in [2.24, 2.45) is 0 Å². The van der Waals surface area contributed by atoms with Crippen molar-refractivity contribution >= 4 is 17.7 Å². The lowest BCUT2D eigenvalue weighted by Gasteiger charge is -2.26. The lowest BCUT2D eigenvalue weighted by Crippen LogP contribution is -2.22. The normalized spacial score (nSPS) is 10.8. The summed E-state index contributed by atoms with van der Waals surface area (Å²) in [5.74, 6) is -0.353. The van der Waals surface area contributed by atoms with Crippen molar-refractivity contribution in [1.29, 1.82) is 0 Å². The second-order valence-electron chi connectivity index (χ2n) is 6.79. The lowest BCUT2D eigenvalue weighted by atomic mass is 10.1. The fourth-order valence-electron chi connectivity index (χ4n) is 3.15. The fourth-order valence-corrected chi connectivity index (χ4v) is 3.15. The van der Waals surface area contributed by atoms with E-state index in [0.717, 1.165) is 29.9 Å². The van der Waals surface area contributed by atoms with Crippen molar-refractivity contribution in [3.05, 3.63) is 107 Å². The van der Waals surface area contributed by atoms with Gasteiger partial charge in [-0.05, 0) is 47.4 Å². The molecule has 0 spiro atoms. The van der Waals surface area contributed by atoms with Crippen molar-refractivity contribution in [2.45, 2.75) is 20.0 Å². The standard InChI is InChI=1S/C25H25NO2/c1-20-15-23(13-14-25(27)28-2)17-24(16-20)26(18-21-9-5-3-6-10-21)19-22-11-7-4-8-12-22/h3-17H,18-19H2,1-2H3/b14-13+. The largest absolute Gasteiger partial charge is 0.466 e. The van der Waals surface area contributed by atoms with E-state index in [9.17, 15) is 4.79 Å². The number of esters is 1. The molecular weight excluding hydrogens is 346 g/mol. The maximum Gasteiger partial charge on any atom is 0.330 e. The number of aryl methyl sites for hydroxylation is 1. The zero-order valence-electron chi connectivity index (χ0n) is 16.3. The van der Waals surface area contributed by atoms with E-state index in [-0.39, 0.29) is 5.97 Å². The van der Waals surface area contributed by atoms with E-state index in [1.807, 2.05) is 12.1 Å². The molecule has 0 aliphatic carbocycles. The van der Waals surface area contributed by atoms with E-state index >= 15 is 0 Å². The molecule has 0 saturated carbocycles. The van der Waals surface area contributed by atoms with Crippen LogP contribution in [-0.4, -0.2) is 13.1 Å². The molecule has 28 heavy (non-hydrogen) atoms.